The first-order valence-corrected chi connectivity index (χ1v) is 9.71. The van der Waals surface area contributed by atoms with Crippen LogP contribution >= 0.6 is 0 Å². The average molecular weight is 417 g/mol. The zero-order chi connectivity index (χ0) is 22.2. The molecule has 1 atom stereocenters. The Labute approximate surface area is 180 Å². The second-order valence-electron chi connectivity index (χ2n) is 6.88. The van der Waals surface area contributed by atoms with Gasteiger partial charge in [0, 0.05) is 5.56 Å². The van der Waals surface area contributed by atoms with Crippen LogP contribution in [0, 0.1) is 0 Å². The van der Waals surface area contributed by atoms with Gasteiger partial charge in [0.2, 0.25) is 5.91 Å². The number of ether oxygens (including phenoxy) is 1. The molecular weight excluding hydrogens is 394 g/mol. The van der Waals surface area contributed by atoms with Gasteiger partial charge in [-0.3, -0.25) is 14.4 Å². The molecule has 0 fully saturated rings. The number of nitrogens with two attached hydrogens (primary N) is 1. The summed E-state index contributed by atoms with van der Waals surface area (Å²) in [5.74, 6) is -0.839. The fraction of sp³-hybridized carbons (Fsp3) is 0.125. The number of hydrogen-bond donors (Lipinski definition) is 3. The van der Waals surface area contributed by atoms with E-state index in [4.69, 9.17) is 10.5 Å². The van der Waals surface area contributed by atoms with Crippen molar-refractivity contribution in [3.63, 3.8) is 0 Å². The van der Waals surface area contributed by atoms with Crippen molar-refractivity contribution in [1.82, 2.24) is 5.32 Å². The van der Waals surface area contributed by atoms with Gasteiger partial charge in [0.25, 0.3) is 11.8 Å². The number of amides is 3. The van der Waals surface area contributed by atoms with Crippen LogP contribution in [0.4, 0.5) is 5.69 Å². The van der Waals surface area contributed by atoms with E-state index < -0.39 is 11.8 Å². The van der Waals surface area contributed by atoms with E-state index in [1.54, 1.807) is 36.4 Å². The molecule has 1 unspecified atom stereocenters. The molecule has 0 aliphatic rings. The fourth-order valence-corrected chi connectivity index (χ4v) is 2.94. The van der Waals surface area contributed by atoms with Crippen LogP contribution in [0.15, 0.2) is 78.9 Å². The van der Waals surface area contributed by atoms with Gasteiger partial charge < -0.3 is 21.1 Å². The summed E-state index contributed by atoms with van der Waals surface area (Å²) in [6, 6.07) is 22.3. The maximum Gasteiger partial charge on any atom is 0.262 e. The van der Waals surface area contributed by atoms with Gasteiger partial charge in [-0.15, -0.1) is 0 Å². The van der Waals surface area contributed by atoms with E-state index in [1.165, 1.54) is 12.1 Å². The van der Waals surface area contributed by atoms with E-state index in [2.05, 4.69) is 10.6 Å². The molecule has 3 aromatic carbocycles. The largest absolute Gasteiger partial charge is 0.484 e. The summed E-state index contributed by atoms with van der Waals surface area (Å²) in [7, 11) is 0. The van der Waals surface area contributed by atoms with Crippen molar-refractivity contribution < 1.29 is 19.1 Å². The predicted octanol–water partition coefficient (Wildman–Crippen LogP) is 3.29. The second-order valence-corrected chi connectivity index (χ2v) is 6.88. The van der Waals surface area contributed by atoms with Crippen LogP contribution in [0.25, 0.3) is 0 Å². The normalized spacial score (nSPS) is 11.3. The number of hydrogen-bond acceptors (Lipinski definition) is 4. The molecule has 3 rings (SSSR count). The Kier molecular flexibility index (Phi) is 7.01. The third kappa shape index (κ3) is 5.93. The molecule has 0 saturated carbocycles. The molecule has 0 aromatic heterocycles. The highest BCUT2D eigenvalue weighted by Gasteiger charge is 2.16. The number of anilines is 1. The first-order chi connectivity index (χ1) is 14.9. The van der Waals surface area contributed by atoms with Gasteiger partial charge in [-0.25, -0.2) is 0 Å². The molecule has 0 saturated heterocycles. The number of para-hydroxylation sites is 1. The van der Waals surface area contributed by atoms with Crippen LogP contribution in [-0.2, 0) is 4.79 Å². The maximum absolute atomic E-state index is 12.8. The topological polar surface area (TPSA) is 111 Å². The Balaban J connectivity index is 1.61. The molecule has 4 N–H and O–H groups in total. The van der Waals surface area contributed by atoms with E-state index in [0.717, 1.165) is 5.56 Å². The Hall–Kier alpha value is -4.13. The molecular formula is C24H23N3O4. The smallest absolute Gasteiger partial charge is 0.262 e. The third-order valence-corrected chi connectivity index (χ3v) is 4.60. The van der Waals surface area contributed by atoms with E-state index >= 15 is 0 Å². The van der Waals surface area contributed by atoms with E-state index in [0.29, 0.717) is 22.6 Å². The van der Waals surface area contributed by atoms with Crippen molar-refractivity contribution in [2.24, 2.45) is 5.73 Å². The Morgan fingerprint density at radius 2 is 1.55 bits per heavy atom. The molecule has 0 heterocycles. The lowest BCUT2D eigenvalue weighted by Gasteiger charge is -2.16. The standard InChI is InChI=1S/C24H23N3O4/c1-16(17-7-3-2-4-8-17)26-24(30)20-9-5-6-10-21(20)27-22(28)15-31-19-13-11-18(12-14-19)23(25)29/h2-14,16H,15H2,1H3,(H2,25,29)(H,26,30)(H,27,28). The predicted molar refractivity (Wildman–Crippen MR) is 118 cm³/mol. The van der Waals surface area contributed by atoms with Crippen molar-refractivity contribution in [3.05, 3.63) is 95.6 Å². The SMILES string of the molecule is CC(NC(=O)c1ccccc1NC(=O)COc1ccc(C(N)=O)cc1)c1ccccc1. The third-order valence-electron chi connectivity index (χ3n) is 4.60. The molecule has 0 spiro atoms. The van der Waals surface area contributed by atoms with Gasteiger partial charge in [0.05, 0.1) is 17.3 Å². The van der Waals surface area contributed by atoms with Crippen molar-refractivity contribution in [2.75, 3.05) is 11.9 Å². The molecule has 7 heteroatoms. The highest BCUT2D eigenvalue weighted by molar-refractivity contribution is 6.04. The zero-order valence-corrected chi connectivity index (χ0v) is 17.0. The van der Waals surface area contributed by atoms with Crippen LogP contribution < -0.4 is 21.1 Å². The number of carbonyl (C=O) groups is 3. The molecule has 3 aromatic rings. The molecule has 158 valence electrons. The summed E-state index contributed by atoms with van der Waals surface area (Å²) in [5.41, 5.74) is 7.26. The van der Waals surface area contributed by atoms with Gasteiger partial charge in [0.1, 0.15) is 5.75 Å². The number of benzene rings is 3. The van der Waals surface area contributed by atoms with Gasteiger partial charge >= 0.3 is 0 Å². The number of nitrogens with one attached hydrogen (secondary N) is 2. The molecule has 0 bridgehead atoms. The number of carbonyl (C=O) groups excluding carboxylic acids is 3. The Morgan fingerprint density at radius 1 is 0.903 bits per heavy atom. The summed E-state index contributed by atoms with van der Waals surface area (Å²) in [6.45, 7) is 1.64. The van der Waals surface area contributed by atoms with Gasteiger partial charge in [-0.05, 0) is 48.9 Å². The summed E-state index contributed by atoms with van der Waals surface area (Å²) in [6.07, 6.45) is 0. The second kappa shape index (κ2) is 10.1. The van der Waals surface area contributed by atoms with Crippen LogP contribution in [0.3, 0.4) is 0 Å². The van der Waals surface area contributed by atoms with Gasteiger partial charge in [-0.1, -0.05) is 42.5 Å². The Morgan fingerprint density at radius 3 is 2.23 bits per heavy atom. The highest BCUT2D eigenvalue weighted by atomic mass is 16.5. The highest BCUT2D eigenvalue weighted by Crippen LogP contribution is 2.18. The summed E-state index contributed by atoms with van der Waals surface area (Å²) in [4.78, 5) is 36.2. The average Bonchev–Trinajstić information content (AvgIpc) is 2.79. The van der Waals surface area contributed by atoms with Gasteiger partial charge in [-0.2, -0.15) is 0 Å². The first kappa shape index (κ1) is 21.6. The van der Waals surface area contributed by atoms with E-state index in [1.807, 2.05) is 37.3 Å². The van der Waals surface area contributed by atoms with Crippen LogP contribution in [-0.4, -0.2) is 24.3 Å². The van der Waals surface area contributed by atoms with Crippen molar-refractivity contribution in [2.45, 2.75) is 13.0 Å². The summed E-state index contributed by atoms with van der Waals surface area (Å²) in [5, 5.41) is 5.64. The molecule has 3 amide bonds. The minimum atomic E-state index is -0.541. The van der Waals surface area contributed by atoms with Crippen molar-refractivity contribution in [3.8, 4) is 5.75 Å². The number of rotatable bonds is 8. The summed E-state index contributed by atoms with van der Waals surface area (Å²) < 4.78 is 5.43. The van der Waals surface area contributed by atoms with Crippen LogP contribution in [0.2, 0.25) is 0 Å². The van der Waals surface area contributed by atoms with Gasteiger partial charge in [0.15, 0.2) is 6.61 Å². The molecule has 31 heavy (non-hydrogen) atoms. The molecule has 0 aliphatic carbocycles. The van der Waals surface area contributed by atoms with Crippen molar-refractivity contribution >= 4 is 23.4 Å². The minimum absolute atomic E-state index is 0.191. The monoisotopic (exact) mass is 417 g/mol. The molecule has 7 nitrogen and oxygen atoms in total. The minimum Gasteiger partial charge on any atom is -0.484 e. The van der Waals surface area contributed by atoms with Crippen LogP contribution in [0.5, 0.6) is 5.75 Å². The molecule has 0 aliphatic heterocycles. The molecule has 0 radical (unpaired) electrons. The number of primary amides is 1. The van der Waals surface area contributed by atoms with E-state index in [-0.39, 0.29) is 18.6 Å². The quantitative estimate of drug-likeness (QED) is 0.522. The van der Waals surface area contributed by atoms with Crippen LogP contribution in [0.1, 0.15) is 39.2 Å². The maximum atomic E-state index is 12.8. The van der Waals surface area contributed by atoms with Crippen molar-refractivity contribution in [1.29, 1.82) is 0 Å². The Bertz CT molecular complexity index is 1070. The fourth-order valence-electron chi connectivity index (χ4n) is 2.94. The lowest BCUT2D eigenvalue weighted by molar-refractivity contribution is -0.118. The zero-order valence-electron chi connectivity index (χ0n) is 17.0. The van der Waals surface area contributed by atoms with E-state index in [9.17, 15) is 14.4 Å². The summed E-state index contributed by atoms with van der Waals surface area (Å²) >= 11 is 0. The lowest BCUT2D eigenvalue weighted by atomic mass is 10.1. The lowest BCUT2D eigenvalue weighted by Crippen LogP contribution is -2.28. The first-order valence-electron chi connectivity index (χ1n) is 9.71.